The molecule has 0 aliphatic carbocycles. The van der Waals surface area contributed by atoms with Crippen molar-refractivity contribution in [3.63, 3.8) is 0 Å². The standard InChI is InChI=1S/C10H13NO2S/c1-11(2)10(13)7-14-9-5-3-8(12)4-6-9/h3-6,12H,7H2,1-2H3/i1+1,2+1. The molecule has 0 saturated carbocycles. The molecule has 0 saturated heterocycles. The van der Waals surface area contributed by atoms with E-state index < -0.39 is 0 Å². The van der Waals surface area contributed by atoms with Gasteiger partial charge < -0.3 is 10.0 Å². The zero-order chi connectivity index (χ0) is 10.6. The second kappa shape index (κ2) is 4.91. The molecule has 0 spiro atoms. The maximum atomic E-state index is 11.2. The Morgan fingerprint density at radius 2 is 1.93 bits per heavy atom. The summed E-state index contributed by atoms with van der Waals surface area (Å²) in [5.74, 6) is 0.758. The second-order valence-corrected chi connectivity index (χ2v) is 4.12. The number of nitrogens with zero attached hydrogens (tertiary/aromatic N) is 1. The van der Waals surface area contributed by atoms with Crippen molar-refractivity contribution in [1.82, 2.24) is 4.90 Å². The average molecular weight is 213 g/mol. The number of carbonyl (C=O) groups excluding carboxylic acids is 1. The highest BCUT2D eigenvalue weighted by molar-refractivity contribution is 8.00. The Bertz CT molecular complexity index is 308. The van der Waals surface area contributed by atoms with Crippen LogP contribution in [0.2, 0.25) is 0 Å². The normalized spacial score (nSPS) is 9.86. The summed E-state index contributed by atoms with van der Waals surface area (Å²) in [7, 11) is 3.47. The largest absolute Gasteiger partial charge is 0.508 e. The molecule has 0 bridgehead atoms. The number of phenolic OH excluding ortho intramolecular Hbond substituents is 1. The molecular weight excluding hydrogens is 200 g/mol. The third-order valence-electron chi connectivity index (χ3n) is 1.70. The van der Waals surface area contributed by atoms with E-state index in [0.717, 1.165) is 4.90 Å². The van der Waals surface area contributed by atoms with Crippen LogP contribution in [0.4, 0.5) is 0 Å². The van der Waals surface area contributed by atoms with E-state index in [9.17, 15) is 4.79 Å². The molecule has 4 heteroatoms. The van der Waals surface area contributed by atoms with Crippen LogP contribution >= 0.6 is 11.8 Å². The van der Waals surface area contributed by atoms with Gasteiger partial charge in [0.2, 0.25) is 5.91 Å². The maximum Gasteiger partial charge on any atom is 0.232 e. The lowest BCUT2D eigenvalue weighted by atomic mass is 10.3. The van der Waals surface area contributed by atoms with Gasteiger partial charge in [0, 0.05) is 19.0 Å². The first-order chi connectivity index (χ1) is 6.59. The van der Waals surface area contributed by atoms with Gasteiger partial charge in [-0.15, -0.1) is 11.8 Å². The van der Waals surface area contributed by atoms with Crippen LogP contribution in [0, 0.1) is 0 Å². The Balaban J connectivity index is 2.46. The first-order valence-corrected chi connectivity index (χ1v) is 5.20. The summed E-state index contributed by atoms with van der Waals surface area (Å²) < 4.78 is 0. The van der Waals surface area contributed by atoms with E-state index in [-0.39, 0.29) is 11.7 Å². The topological polar surface area (TPSA) is 40.5 Å². The number of hydrogen-bond donors (Lipinski definition) is 1. The Hall–Kier alpha value is -1.16. The van der Waals surface area contributed by atoms with Crippen molar-refractivity contribution in [3.05, 3.63) is 24.3 Å². The second-order valence-electron chi connectivity index (χ2n) is 3.07. The van der Waals surface area contributed by atoms with Crippen LogP contribution in [0.1, 0.15) is 0 Å². The fourth-order valence-electron chi connectivity index (χ4n) is 0.817. The Kier molecular flexibility index (Phi) is 3.83. The van der Waals surface area contributed by atoms with Crippen LogP contribution in [-0.2, 0) is 4.79 Å². The van der Waals surface area contributed by atoms with Crippen molar-refractivity contribution in [3.8, 4) is 5.75 Å². The van der Waals surface area contributed by atoms with Crippen molar-refractivity contribution in [2.24, 2.45) is 0 Å². The van der Waals surface area contributed by atoms with Crippen LogP contribution in [0.25, 0.3) is 0 Å². The quantitative estimate of drug-likeness (QED) is 0.612. The molecule has 76 valence electrons. The molecule has 0 heterocycles. The molecule has 0 atom stereocenters. The number of amides is 1. The van der Waals surface area contributed by atoms with Crippen LogP contribution in [0.15, 0.2) is 29.2 Å². The third kappa shape index (κ3) is 3.30. The predicted octanol–water partition coefficient (Wildman–Crippen LogP) is 1.57. The molecule has 0 unspecified atom stereocenters. The number of aromatic hydroxyl groups is 1. The maximum absolute atomic E-state index is 11.2. The third-order valence-corrected chi connectivity index (χ3v) is 2.69. The van der Waals surface area contributed by atoms with E-state index in [0.29, 0.717) is 5.75 Å². The average Bonchev–Trinajstić information content (AvgIpc) is 2.16. The van der Waals surface area contributed by atoms with Gasteiger partial charge in [-0.3, -0.25) is 4.79 Å². The fraction of sp³-hybridized carbons (Fsp3) is 0.300. The molecule has 1 aromatic rings. The zero-order valence-corrected chi connectivity index (χ0v) is 9.04. The molecule has 1 amide bonds. The summed E-state index contributed by atoms with van der Waals surface area (Å²) in [6, 6.07) is 6.82. The highest BCUT2D eigenvalue weighted by atomic mass is 32.2. The van der Waals surface area contributed by atoms with E-state index in [2.05, 4.69) is 0 Å². The molecule has 0 aliphatic heterocycles. The van der Waals surface area contributed by atoms with Crippen molar-refractivity contribution in [2.45, 2.75) is 4.90 Å². The van der Waals surface area contributed by atoms with Crippen molar-refractivity contribution >= 4 is 17.7 Å². The predicted molar refractivity (Wildman–Crippen MR) is 57.5 cm³/mol. The molecule has 1 N–H and O–H groups in total. The number of phenols is 1. The Morgan fingerprint density at radius 3 is 2.43 bits per heavy atom. The summed E-state index contributed by atoms with van der Waals surface area (Å²) in [5, 5.41) is 9.04. The van der Waals surface area contributed by atoms with Gasteiger partial charge in [0.25, 0.3) is 0 Å². The van der Waals surface area contributed by atoms with Gasteiger partial charge in [-0.25, -0.2) is 0 Å². The van der Waals surface area contributed by atoms with E-state index >= 15 is 0 Å². The van der Waals surface area contributed by atoms with E-state index in [1.54, 1.807) is 43.3 Å². The van der Waals surface area contributed by atoms with Gasteiger partial charge in [-0.05, 0) is 24.3 Å². The Morgan fingerprint density at radius 1 is 1.36 bits per heavy atom. The minimum atomic E-state index is 0.0862. The molecule has 3 nitrogen and oxygen atoms in total. The molecule has 1 aromatic carbocycles. The highest BCUT2D eigenvalue weighted by Crippen LogP contribution is 2.20. The molecule has 0 aromatic heterocycles. The van der Waals surface area contributed by atoms with Crippen molar-refractivity contribution in [1.29, 1.82) is 0 Å². The molecule has 0 radical (unpaired) electrons. The smallest absolute Gasteiger partial charge is 0.232 e. The van der Waals surface area contributed by atoms with Crippen molar-refractivity contribution < 1.29 is 9.90 Å². The van der Waals surface area contributed by atoms with Gasteiger partial charge in [0.05, 0.1) is 5.75 Å². The van der Waals surface area contributed by atoms with Gasteiger partial charge >= 0.3 is 0 Å². The molecule has 14 heavy (non-hydrogen) atoms. The minimum absolute atomic E-state index is 0.0862. The van der Waals surface area contributed by atoms with Crippen molar-refractivity contribution in [2.75, 3.05) is 19.8 Å². The fourth-order valence-corrected chi connectivity index (χ4v) is 1.69. The summed E-state index contributed by atoms with van der Waals surface area (Å²) in [6.45, 7) is 0. The number of carbonyl (C=O) groups is 1. The van der Waals surface area contributed by atoms with Gasteiger partial charge in [-0.1, -0.05) is 0 Å². The summed E-state index contributed by atoms with van der Waals surface area (Å²) in [4.78, 5) is 13.8. The molecular formula is C10H13NO2S. The number of hydrogen-bond acceptors (Lipinski definition) is 3. The molecule has 1 rings (SSSR count). The first kappa shape index (κ1) is 10.9. The molecule has 0 fully saturated rings. The minimum Gasteiger partial charge on any atom is -0.508 e. The first-order valence-electron chi connectivity index (χ1n) is 4.21. The van der Waals surface area contributed by atoms with Gasteiger partial charge in [0.1, 0.15) is 5.75 Å². The number of rotatable bonds is 3. The van der Waals surface area contributed by atoms with Gasteiger partial charge in [-0.2, -0.15) is 0 Å². The lowest BCUT2D eigenvalue weighted by molar-refractivity contribution is -0.125. The number of benzene rings is 1. The van der Waals surface area contributed by atoms with E-state index in [4.69, 9.17) is 5.11 Å². The van der Waals surface area contributed by atoms with Crippen LogP contribution < -0.4 is 0 Å². The van der Waals surface area contributed by atoms with E-state index in [1.807, 2.05) is 0 Å². The summed E-state index contributed by atoms with van der Waals surface area (Å²) >= 11 is 1.46. The Labute approximate surface area is 87.7 Å². The van der Waals surface area contributed by atoms with Crippen LogP contribution in [0.5, 0.6) is 5.75 Å². The van der Waals surface area contributed by atoms with Crippen LogP contribution in [0.3, 0.4) is 0 Å². The van der Waals surface area contributed by atoms with E-state index in [1.165, 1.54) is 11.8 Å². The van der Waals surface area contributed by atoms with Crippen LogP contribution in [-0.4, -0.2) is 35.8 Å². The SMILES string of the molecule is [13CH3]N([13CH3])C(=O)CSc1ccc(O)cc1. The van der Waals surface area contributed by atoms with Gasteiger partial charge in [0.15, 0.2) is 0 Å². The highest BCUT2D eigenvalue weighted by Gasteiger charge is 2.04. The molecule has 0 aliphatic rings. The lowest BCUT2D eigenvalue weighted by Gasteiger charge is -2.09. The zero-order valence-electron chi connectivity index (χ0n) is 8.23. The summed E-state index contributed by atoms with van der Waals surface area (Å²) in [6.07, 6.45) is 0. The number of thioether (sulfide) groups is 1. The summed E-state index contributed by atoms with van der Waals surface area (Å²) in [5.41, 5.74) is 0. The monoisotopic (exact) mass is 213 g/mol. The lowest BCUT2D eigenvalue weighted by Crippen LogP contribution is -2.23.